The van der Waals surface area contributed by atoms with E-state index in [2.05, 4.69) is 34.1 Å². The van der Waals surface area contributed by atoms with Crippen LogP contribution in [0.25, 0.3) is 27.9 Å². The van der Waals surface area contributed by atoms with Crippen molar-refractivity contribution in [1.82, 2.24) is 24.8 Å². The normalized spacial score (nSPS) is 15.1. The molecule has 1 aliphatic rings. The van der Waals surface area contributed by atoms with Crippen molar-refractivity contribution in [2.24, 2.45) is 0 Å². The first-order chi connectivity index (χ1) is 16.9. The highest BCUT2D eigenvalue weighted by atomic mass is 19.1. The topological polar surface area (TPSA) is 62.5 Å². The van der Waals surface area contributed by atoms with Gasteiger partial charge in [-0.3, -0.25) is 9.78 Å². The average molecular weight is 472 g/mol. The Morgan fingerprint density at radius 1 is 1.11 bits per heavy atom. The van der Waals surface area contributed by atoms with Crippen LogP contribution in [0.2, 0.25) is 0 Å². The molecule has 1 N–H and O–H groups in total. The number of nitrogens with one attached hydrogen (secondary N) is 1. The fourth-order valence-corrected chi connectivity index (χ4v) is 4.81. The molecule has 0 saturated carbocycles. The van der Waals surface area contributed by atoms with E-state index in [0.717, 1.165) is 53.8 Å². The predicted octanol–water partition coefficient (Wildman–Crippen LogP) is 5.11. The summed E-state index contributed by atoms with van der Waals surface area (Å²) < 4.78 is 15.6. The van der Waals surface area contributed by atoms with Crippen LogP contribution >= 0.6 is 0 Å². The molecule has 6 nitrogen and oxygen atoms in total. The van der Waals surface area contributed by atoms with Gasteiger partial charge in [0.25, 0.3) is 5.91 Å². The number of likely N-dealkylation sites (tertiary alicyclic amines) is 1. The Morgan fingerprint density at radius 3 is 2.66 bits per heavy atom. The maximum Gasteiger partial charge on any atom is 0.255 e. The molecule has 4 aromatic rings. The smallest absolute Gasteiger partial charge is 0.255 e. The number of piperidine rings is 1. The summed E-state index contributed by atoms with van der Waals surface area (Å²) in [6, 6.07) is 13.5. The van der Waals surface area contributed by atoms with Crippen LogP contribution in [0.3, 0.4) is 0 Å². The number of hydrogen-bond acceptors (Lipinski definition) is 4. The molecular formula is C28H30FN5O. The minimum absolute atomic E-state index is 0.0966. The Balaban J connectivity index is 1.44. The van der Waals surface area contributed by atoms with Crippen molar-refractivity contribution in [2.45, 2.75) is 45.7 Å². The fraction of sp³-hybridized carbons (Fsp3) is 0.321. The van der Waals surface area contributed by atoms with Crippen molar-refractivity contribution in [2.75, 3.05) is 13.1 Å². The molecule has 0 bridgehead atoms. The third kappa shape index (κ3) is 4.68. The van der Waals surface area contributed by atoms with Gasteiger partial charge in [0.15, 0.2) is 0 Å². The molecule has 1 fully saturated rings. The fourth-order valence-electron chi connectivity index (χ4n) is 4.81. The first kappa shape index (κ1) is 23.2. The summed E-state index contributed by atoms with van der Waals surface area (Å²) in [4.78, 5) is 20.2. The number of benzene rings is 1. The van der Waals surface area contributed by atoms with Gasteiger partial charge in [0.1, 0.15) is 5.82 Å². The van der Waals surface area contributed by atoms with E-state index in [4.69, 9.17) is 0 Å². The van der Waals surface area contributed by atoms with Gasteiger partial charge >= 0.3 is 0 Å². The lowest BCUT2D eigenvalue weighted by atomic mass is 9.98. The molecule has 0 unspecified atom stereocenters. The molecule has 1 aliphatic heterocycles. The second-order valence-corrected chi connectivity index (χ2v) is 9.54. The monoisotopic (exact) mass is 471 g/mol. The number of amides is 1. The number of pyridine rings is 2. The molecule has 4 heterocycles. The van der Waals surface area contributed by atoms with Crippen molar-refractivity contribution in [3.8, 4) is 22.4 Å². The van der Waals surface area contributed by atoms with Crippen molar-refractivity contribution in [3.05, 3.63) is 78.0 Å². The Labute approximate surface area is 204 Å². The predicted molar refractivity (Wildman–Crippen MR) is 136 cm³/mol. The summed E-state index contributed by atoms with van der Waals surface area (Å²) in [6.45, 7) is 8.15. The molecule has 1 aromatic carbocycles. The number of rotatable bonds is 5. The molecule has 0 atom stereocenters. The highest BCUT2D eigenvalue weighted by Crippen LogP contribution is 2.32. The Hall–Kier alpha value is -3.58. The number of fused-ring (bicyclic) bond motifs is 1. The van der Waals surface area contributed by atoms with Gasteiger partial charge < -0.3 is 10.2 Å². The SMILES string of the molecule is Cc1cc(-c2ncccc2-c2ccn3ncc(C(=O)NC4CCN(C(C)C)CC4)c3c2)ccc1F. The number of hydrogen-bond donors (Lipinski definition) is 1. The maximum absolute atomic E-state index is 13.8. The van der Waals surface area contributed by atoms with Crippen molar-refractivity contribution >= 4 is 11.4 Å². The zero-order valence-electron chi connectivity index (χ0n) is 20.3. The van der Waals surface area contributed by atoms with Crippen LogP contribution in [0.4, 0.5) is 4.39 Å². The second-order valence-electron chi connectivity index (χ2n) is 9.54. The van der Waals surface area contributed by atoms with E-state index in [0.29, 0.717) is 17.2 Å². The zero-order chi connectivity index (χ0) is 24.5. The lowest BCUT2D eigenvalue weighted by Crippen LogP contribution is -2.46. The summed E-state index contributed by atoms with van der Waals surface area (Å²) in [5.74, 6) is -0.335. The number of aromatic nitrogens is 3. The first-order valence-electron chi connectivity index (χ1n) is 12.1. The summed E-state index contributed by atoms with van der Waals surface area (Å²) in [5.41, 5.74) is 5.31. The summed E-state index contributed by atoms with van der Waals surface area (Å²) in [5, 5.41) is 7.61. The summed E-state index contributed by atoms with van der Waals surface area (Å²) >= 11 is 0. The Morgan fingerprint density at radius 2 is 1.91 bits per heavy atom. The van der Waals surface area contributed by atoms with Gasteiger partial charge in [0, 0.05) is 48.7 Å². The van der Waals surface area contributed by atoms with Crippen LogP contribution in [-0.2, 0) is 0 Å². The zero-order valence-corrected chi connectivity index (χ0v) is 20.3. The van der Waals surface area contributed by atoms with E-state index in [1.807, 2.05) is 36.5 Å². The van der Waals surface area contributed by atoms with Crippen LogP contribution in [0.15, 0.2) is 61.1 Å². The number of carbonyl (C=O) groups excluding carboxylic acids is 1. The Bertz CT molecular complexity index is 1370. The minimum Gasteiger partial charge on any atom is -0.349 e. The summed E-state index contributed by atoms with van der Waals surface area (Å²) in [6.07, 6.45) is 7.12. The molecule has 0 radical (unpaired) electrons. The Kier molecular flexibility index (Phi) is 6.34. The van der Waals surface area contributed by atoms with Gasteiger partial charge in [-0.1, -0.05) is 6.07 Å². The number of aryl methyl sites for hydroxylation is 1. The van der Waals surface area contributed by atoms with Gasteiger partial charge in [-0.25, -0.2) is 8.91 Å². The van der Waals surface area contributed by atoms with Gasteiger partial charge in [-0.05, 0) is 81.1 Å². The largest absolute Gasteiger partial charge is 0.349 e. The third-order valence-electron chi connectivity index (χ3n) is 6.91. The molecule has 1 amide bonds. The van der Waals surface area contributed by atoms with Crippen LogP contribution in [-0.4, -0.2) is 50.6 Å². The number of nitrogens with zero attached hydrogens (tertiary/aromatic N) is 4. The first-order valence-corrected chi connectivity index (χ1v) is 12.1. The van der Waals surface area contributed by atoms with E-state index < -0.39 is 0 Å². The number of carbonyl (C=O) groups is 1. The van der Waals surface area contributed by atoms with Crippen LogP contribution in [0.1, 0.15) is 42.6 Å². The minimum atomic E-state index is -0.238. The highest BCUT2D eigenvalue weighted by molar-refractivity contribution is 6.01. The van der Waals surface area contributed by atoms with E-state index in [-0.39, 0.29) is 17.8 Å². The maximum atomic E-state index is 13.8. The lowest BCUT2D eigenvalue weighted by molar-refractivity contribution is 0.0902. The van der Waals surface area contributed by atoms with E-state index in [1.54, 1.807) is 29.9 Å². The van der Waals surface area contributed by atoms with Gasteiger partial charge in [0.05, 0.1) is 23.0 Å². The van der Waals surface area contributed by atoms with Crippen LogP contribution in [0, 0.1) is 12.7 Å². The number of halogens is 1. The van der Waals surface area contributed by atoms with Crippen molar-refractivity contribution < 1.29 is 9.18 Å². The van der Waals surface area contributed by atoms with Gasteiger partial charge in [0.2, 0.25) is 0 Å². The van der Waals surface area contributed by atoms with Crippen molar-refractivity contribution in [3.63, 3.8) is 0 Å². The van der Waals surface area contributed by atoms with E-state index in [1.165, 1.54) is 6.07 Å². The third-order valence-corrected chi connectivity index (χ3v) is 6.91. The van der Waals surface area contributed by atoms with Crippen LogP contribution in [0.5, 0.6) is 0 Å². The summed E-state index contributed by atoms with van der Waals surface area (Å²) in [7, 11) is 0. The standard InChI is InChI=1S/C28H30FN5O/c1-18(2)33-12-9-22(10-13-33)32-28(35)24-17-31-34-14-8-20(16-26(24)34)23-5-4-11-30-27(23)21-6-7-25(29)19(3)15-21/h4-8,11,14-18,22H,9-10,12-13H2,1-3H3,(H,32,35). The van der Waals surface area contributed by atoms with E-state index >= 15 is 0 Å². The average Bonchev–Trinajstić information content (AvgIpc) is 3.29. The van der Waals surface area contributed by atoms with Crippen LogP contribution < -0.4 is 5.32 Å². The van der Waals surface area contributed by atoms with Crippen molar-refractivity contribution in [1.29, 1.82) is 0 Å². The van der Waals surface area contributed by atoms with Gasteiger partial charge in [-0.15, -0.1) is 0 Å². The molecule has 5 rings (SSSR count). The molecule has 3 aromatic heterocycles. The molecular weight excluding hydrogens is 441 g/mol. The van der Waals surface area contributed by atoms with E-state index in [9.17, 15) is 9.18 Å². The molecule has 1 saturated heterocycles. The molecule has 180 valence electrons. The molecule has 0 spiro atoms. The molecule has 7 heteroatoms. The lowest BCUT2D eigenvalue weighted by Gasteiger charge is -2.34. The molecule has 35 heavy (non-hydrogen) atoms. The highest BCUT2D eigenvalue weighted by Gasteiger charge is 2.24. The second kappa shape index (κ2) is 9.58. The molecule has 0 aliphatic carbocycles. The quantitative estimate of drug-likeness (QED) is 0.439. The van der Waals surface area contributed by atoms with Gasteiger partial charge in [-0.2, -0.15) is 5.10 Å².